The van der Waals surface area contributed by atoms with Gasteiger partial charge in [-0.15, -0.1) is 11.3 Å². The zero-order valence-corrected chi connectivity index (χ0v) is 8.14. The average Bonchev–Trinajstić information content (AvgIpc) is 2.55. The highest BCUT2D eigenvalue weighted by molar-refractivity contribution is 7.10. The summed E-state index contributed by atoms with van der Waals surface area (Å²) in [5, 5.41) is 20.7. The molecule has 0 saturated carbocycles. The van der Waals surface area contributed by atoms with Crippen LogP contribution in [0, 0.1) is 5.41 Å². The summed E-state index contributed by atoms with van der Waals surface area (Å²) in [4.78, 5) is 0.911. The fourth-order valence-electron chi connectivity index (χ4n) is 0.918. The van der Waals surface area contributed by atoms with Crippen LogP contribution < -0.4 is 0 Å². The molecule has 2 N–H and O–H groups in total. The maximum Gasteiger partial charge on any atom is 0.0954 e. The summed E-state index contributed by atoms with van der Waals surface area (Å²) < 4.78 is 0. The lowest BCUT2D eigenvalue weighted by Gasteiger charge is -2.27. The Bertz CT molecular complexity index is 229. The van der Waals surface area contributed by atoms with Crippen LogP contribution in [0.2, 0.25) is 0 Å². The molecule has 1 heterocycles. The van der Waals surface area contributed by atoms with Crippen molar-refractivity contribution in [3.05, 3.63) is 22.4 Å². The molecule has 0 aliphatic rings. The molecule has 1 aromatic heterocycles. The predicted octanol–water partition coefficient (Wildman–Crippen LogP) is 1.80. The summed E-state index contributed by atoms with van der Waals surface area (Å²) in [5.41, 5.74) is -0.454. The van der Waals surface area contributed by atoms with E-state index in [1.165, 1.54) is 11.3 Å². The van der Waals surface area contributed by atoms with Gasteiger partial charge in [0.15, 0.2) is 0 Å². The first-order chi connectivity index (χ1) is 5.58. The minimum absolute atomic E-state index is 0.00787. The van der Waals surface area contributed by atoms with Crippen LogP contribution in [0.15, 0.2) is 17.5 Å². The molecule has 1 atom stereocenters. The van der Waals surface area contributed by atoms with E-state index in [1.54, 1.807) is 0 Å². The number of hydrogen-bond donors (Lipinski definition) is 2. The molecule has 68 valence electrons. The van der Waals surface area contributed by atoms with E-state index in [2.05, 4.69) is 0 Å². The van der Waals surface area contributed by atoms with Gasteiger partial charge in [-0.05, 0) is 11.4 Å². The minimum Gasteiger partial charge on any atom is -0.396 e. The Morgan fingerprint density at radius 1 is 1.58 bits per heavy atom. The van der Waals surface area contributed by atoms with Crippen LogP contribution in [0.1, 0.15) is 24.8 Å². The highest BCUT2D eigenvalue weighted by Gasteiger charge is 2.28. The number of aliphatic hydroxyl groups excluding tert-OH is 2. The summed E-state index contributed by atoms with van der Waals surface area (Å²) >= 11 is 1.51. The van der Waals surface area contributed by atoms with Crippen molar-refractivity contribution in [1.82, 2.24) is 0 Å². The maximum absolute atomic E-state index is 9.79. The van der Waals surface area contributed by atoms with E-state index >= 15 is 0 Å². The van der Waals surface area contributed by atoms with Crippen molar-refractivity contribution < 1.29 is 10.2 Å². The van der Waals surface area contributed by atoms with E-state index in [0.717, 1.165) is 4.88 Å². The van der Waals surface area contributed by atoms with Crippen molar-refractivity contribution in [3.8, 4) is 0 Å². The molecule has 1 unspecified atom stereocenters. The van der Waals surface area contributed by atoms with Crippen LogP contribution in [0.5, 0.6) is 0 Å². The van der Waals surface area contributed by atoms with Crippen LogP contribution in [-0.4, -0.2) is 16.8 Å². The lowest BCUT2D eigenvalue weighted by Crippen LogP contribution is -2.25. The summed E-state index contributed by atoms with van der Waals surface area (Å²) in [5.74, 6) is 0. The van der Waals surface area contributed by atoms with E-state index in [4.69, 9.17) is 5.11 Å². The van der Waals surface area contributed by atoms with Gasteiger partial charge in [0.1, 0.15) is 0 Å². The largest absolute Gasteiger partial charge is 0.396 e. The molecule has 0 saturated heterocycles. The van der Waals surface area contributed by atoms with Gasteiger partial charge in [0.05, 0.1) is 12.7 Å². The van der Waals surface area contributed by atoms with Crippen molar-refractivity contribution in [3.63, 3.8) is 0 Å². The van der Waals surface area contributed by atoms with E-state index in [9.17, 15) is 5.11 Å². The van der Waals surface area contributed by atoms with Crippen LogP contribution in [0.3, 0.4) is 0 Å². The number of hydrogen-bond acceptors (Lipinski definition) is 3. The van der Waals surface area contributed by atoms with Crippen molar-refractivity contribution in [2.24, 2.45) is 5.41 Å². The molecule has 0 bridgehead atoms. The van der Waals surface area contributed by atoms with Gasteiger partial charge in [-0.25, -0.2) is 0 Å². The maximum atomic E-state index is 9.79. The Balaban J connectivity index is 2.78. The smallest absolute Gasteiger partial charge is 0.0954 e. The standard InChI is InChI=1S/C9H14O2S/c1-9(2,6-10)8(11)7-4-3-5-12-7/h3-5,8,10-11H,6H2,1-2H3. The fraction of sp³-hybridized carbons (Fsp3) is 0.556. The van der Waals surface area contributed by atoms with Crippen LogP contribution in [-0.2, 0) is 0 Å². The summed E-state index contributed by atoms with van der Waals surface area (Å²) in [6.45, 7) is 3.68. The van der Waals surface area contributed by atoms with Gasteiger partial charge in [0, 0.05) is 10.3 Å². The highest BCUT2D eigenvalue weighted by Crippen LogP contribution is 2.34. The van der Waals surface area contributed by atoms with Crippen LogP contribution in [0.25, 0.3) is 0 Å². The second kappa shape index (κ2) is 3.56. The Kier molecular flexibility index (Phi) is 2.88. The fourth-order valence-corrected chi connectivity index (χ4v) is 1.84. The minimum atomic E-state index is -0.567. The quantitative estimate of drug-likeness (QED) is 0.755. The SMILES string of the molecule is CC(C)(CO)C(O)c1cccs1. The first-order valence-corrected chi connectivity index (χ1v) is 4.78. The molecule has 0 amide bonds. The van der Waals surface area contributed by atoms with Gasteiger partial charge in [0.25, 0.3) is 0 Å². The molecule has 0 spiro atoms. The van der Waals surface area contributed by atoms with Crippen molar-refractivity contribution in [2.75, 3.05) is 6.61 Å². The third-order valence-corrected chi connectivity index (χ3v) is 2.89. The van der Waals surface area contributed by atoms with Crippen molar-refractivity contribution >= 4 is 11.3 Å². The first-order valence-electron chi connectivity index (χ1n) is 3.90. The molecule has 0 fully saturated rings. The Labute approximate surface area is 76.5 Å². The summed E-state index contributed by atoms with van der Waals surface area (Å²) in [6.07, 6.45) is -0.567. The first kappa shape index (κ1) is 9.71. The molecule has 2 nitrogen and oxygen atoms in total. The van der Waals surface area contributed by atoms with Gasteiger partial charge < -0.3 is 10.2 Å². The normalized spacial score (nSPS) is 14.7. The Morgan fingerprint density at radius 3 is 2.67 bits per heavy atom. The zero-order chi connectivity index (χ0) is 9.19. The van der Waals surface area contributed by atoms with Gasteiger partial charge in [-0.1, -0.05) is 19.9 Å². The van der Waals surface area contributed by atoms with E-state index in [-0.39, 0.29) is 6.61 Å². The second-order valence-corrected chi connectivity index (χ2v) is 4.54. The van der Waals surface area contributed by atoms with Gasteiger partial charge in [0.2, 0.25) is 0 Å². The summed E-state index contributed by atoms with van der Waals surface area (Å²) in [7, 11) is 0. The molecular formula is C9H14O2S. The van der Waals surface area contributed by atoms with Gasteiger partial charge >= 0.3 is 0 Å². The molecule has 1 rings (SSSR count). The monoisotopic (exact) mass is 186 g/mol. The molecular weight excluding hydrogens is 172 g/mol. The predicted molar refractivity (Wildman–Crippen MR) is 50.1 cm³/mol. The number of rotatable bonds is 3. The second-order valence-electron chi connectivity index (χ2n) is 3.56. The molecule has 0 aliphatic heterocycles. The molecule has 1 aromatic rings. The lowest BCUT2D eigenvalue weighted by atomic mass is 9.87. The third kappa shape index (κ3) is 1.86. The lowest BCUT2D eigenvalue weighted by molar-refractivity contribution is 0.00866. The molecule has 12 heavy (non-hydrogen) atoms. The molecule has 0 aliphatic carbocycles. The number of aliphatic hydroxyl groups is 2. The topological polar surface area (TPSA) is 40.5 Å². The van der Waals surface area contributed by atoms with E-state index < -0.39 is 11.5 Å². The number of thiophene rings is 1. The van der Waals surface area contributed by atoms with Crippen molar-refractivity contribution in [2.45, 2.75) is 20.0 Å². The summed E-state index contributed by atoms with van der Waals surface area (Å²) in [6, 6.07) is 3.78. The van der Waals surface area contributed by atoms with Gasteiger partial charge in [-0.2, -0.15) is 0 Å². The van der Waals surface area contributed by atoms with E-state index in [1.807, 2.05) is 31.4 Å². The Hall–Kier alpha value is -0.380. The average molecular weight is 186 g/mol. The third-order valence-electron chi connectivity index (χ3n) is 1.96. The molecule has 0 aromatic carbocycles. The van der Waals surface area contributed by atoms with E-state index in [0.29, 0.717) is 0 Å². The van der Waals surface area contributed by atoms with Crippen molar-refractivity contribution in [1.29, 1.82) is 0 Å². The molecule has 3 heteroatoms. The highest BCUT2D eigenvalue weighted by atomic mass is 32.1. The molecule has 0 radical (unpaired) electrons. The zero-order valence-electron chi connectivity index (χ0n) is 7.32. The van der Waals surface area contributed by atoms with Crippen LogP contribution in [0.4, 0.5) is 0 Å². The van der Waals surface area contributed by atoms with Crippen LogP contribution >= 0.6 is 11.3 Å². The Morgan fingerprint density at radius 2 is 2.25 bits per heavy atom. The van der Waals surface area contributed by atoms with Gasteiger partial charge in [-0.3, -0.25) is 0 Å².